The van der Waals surface area contributed by atoms with Gasteiger partial charge in [0.2, 0.25) is 0 Å². The third-order valence-electron chi connectivity index (χ3n) is 3.16. The zero-order chi connectivity index (χ0) is 15.1. The highest BCUT2D eigenvalue weighted by Crippen LogP contribution is 2.14. The minimum atomic E-state index is -0.226. The van der Waals surface area contributed by atoms with E-state index in [1.54, 1.807) is 36.4 Å². The third kappa shape index (κ3) is 4.50. The molecule has 0 aliphatic heterocycles. The largest absolute Gasteiger partial charge is 0.494 e. The van der Waals surface area contributed by atoms with Crippen molar-refractivity contribution in [2.75, 3.05) is 25.1 Å². The predicted octanol–water partition coefficient (Wildman–Crippen LogP) is 3.60. The molecule has 0 spiro atoms. The molecule has 2 aromatic rings. The second-order valence-corrected chi connectivity index (χ2v) is 4.74. The van der Waals surface area contributed by atoms with Gasteiger partial charge in [-0.15, -0.1) is 0 Å². The molecule has 2 aromatic carbocycles. The maximum Gasteiger partial charge on any atom is 0.123 e. The van der Waals surface area contributed by atoms with Crippen molar-refractivity contribution in [1.29, 1.82) is 5.26 Å². The van der Waals surface area contributed by atoms with E-state index in [1.165, 1.54) is 12.1 Å². The lowest BCUT2D eigenvalue weighted by atomic mass is 10.2. The molecule has 108 valence electrons. The smallest absolute Gasteiger partial charge is 0.123 e. The van der Waals surface area contributed by atoms with Gasteiger partial charge in [-0.25, -0.2) is 4.39 Å². The molecule has 0 N–H and O–H groups in total. The van der Waals surface area contributed by atoms with Gasteiger partial charge < -0.3 is 9.64 Å². The molecule has 0 amide bonds. The third-order valence-corrected chi connectivity index (χ3v) is 3.16. The Morgan fingerprint density at radius 1 is 1.10 bits per heavy atom. The van der Waals surface area contributed by atoms with Crippen LogP contribution in [0, 0.1) is 17.1 Å². The van der Waals surface area contributed by atoms with Gasteiger partial charge in [-0.1, -0.05) is 0 Å². The van der Waals surface area contributed by atoms with Gasteiger partial charge in [-0.05, 0) is 55.0 Å². The van der Waals surface area contributed by atoms with Crippen LogP contribution in [0.2, 0.25) is 0 Å². The van der Waals surface area contributed by atoms with Gasteiger partial charge in [0.1, 0.15) is 11.6 Å². The lowest BCUT2D eigenvalue weighted by Gasteiger charge is -2.19. The summed E-state index contributed by atoms with van der Waals surface area (Å²) in [7, 11) is 1.97. The number of hydrogen-bond acceptors (Lipinski definition) is 3. The standard InChI is InChI=1S/C17H17FN2O/c1-20(16-7-5-15(18)6-8-16)11-2-12-21-17-9-3-14(13-19)4-10-17/h3-10H,2,11-12H2,1H3. The van der Waals surface area contributed by atoms with Crippen molar-refractivity contribution >= 4 is 5.69 Å². The SMILES string of the molecule is CN(CCCOc1ccc(C#N)cc1)c1ccc(F)cc1. The Morgan fingerprint density at radius 2 is 1.76 bits per heavy atom. The van der Waals surface area contributed by atoms with Crippen LogP contribution in [0.25, 0.3) is 0 Å². The summed E-state index contributed by atoms with van der Waals surface area (Å²) >= 11 is 0. The first-order chi connectivity index (χ1) is 10.2. The number of rotatable bonds is 6. The number of ether oxygens (including phenoxy) is 1. The molecule has 0 saturated carbocycles. The van der Waals surface area contributed by atoms with E-state index >= 15 is 0 Å². The van der Waals surface area contributed by atoms with Gasteiger partial charge >= 0.3 is 0 Å². The average Bonchev–Trinajstić information content (AvgIpc) is 2.52. The number of anilines is 1. The van der Waals surface area contributed by atoms with E-state index in [1.807, 2.05) is 7.05 Å². The first-order valence-electron chi connectivity index (χ1n) is 6.79. The first kappa shape index (κ1) is 14.9. The fraction of sp³-hybridized carbons (Fsp3) is 0.235. The highest BCUT2D eigenvalue weighted by atomic mass is 19.1. The molecule has 4 heteroatoms. The van der Waals surface area contributed by atoms with Crippen LogP contribution in [0.15, 0.2) is 48.5 Å². The second-order valence-electron chi connectivity index (χ2n) is 4.74. The summed E-state index contributed by atoms with van der Waals surface area (Å²) in [6.07, 6.45) is 0.855. The van der Waals surface area contributed by atoms with Crippen LogP contribution >= 0.6 is 0 Å². The van der Waals surface area contributed by atoms with E-state index < -0.39 is 0 Å². The average molecular weight is 284 g/mol. The molecule has 3 nitrogen and oxygen atoms in total. The molecular weight excluding hydrogens is 267 g/mol. The van der Waals surface area contributed by atoms with E-state index in [-0.39, 0.29) is 5.82 Å². The Kier molecular flexibility index (Phi) is 5.16. The molecule has 0 unspecified atom stereocenters. The Balaban J connectivity index is 1.73. The number of nitrogens with zero attached hydrogens (tertiary/aromatic N) is 2. The predicted molar refractivity (Wildman–Crippen MR) is 80.9 cm³/mol. The van der Waals surface area contributed by atoms with Crippen LogP contribution in [-0.2, 0) is 0 Å². The number of halogens is 1. The van der Waals surface area contributed by atoms with Crippen molar-refractivity contribution in [2.24, 2.45) is 0 Å². The van der Waals surface area contributed by atoms with Crippen molar-refractivity contribution in [2.45, 2.75) is 6.42 Å². The zero-order valence-electron chi connectivity index (χ0n) is 11.9. The summed E-state index contributed by atoms with van der Waals surface area (Å²) in [5.74, 6) is 0.537. The summed E-state index contributed by atoms with van der Waals surface area (Å²) < 4.78 is 18.5. The second kappa shape index (κ2) is 7.30. The Hall–Kier alpha value is -2.54. The van der Waals surface area contributed by atoms with Gasteiger partial charge in [0.15, 0.2) is 0 Å². The Labute approximate surface area is 124 Å². The molecule has 0 fully saturated rings. The van der Waals surface area contributed by atoms with E-state index in [0.29, 0.717) is 12.2 Å². The normalized spacial score (nSPS) is 9.95. The molecule has 0 saturated heterocycles. The maximum absolute atomic E-state index is 12.8. The van der Waals surface area contributed by atoms with E-state index in [0.717, 1.165) is 24.4 Å². The quantitative estimate of drug-likeness (QED) is 0.760. The van der Waals surface area contributed by atoms with E-state index in [4.69, 9.17) is 10.00 Å². The van der Waals surface area contributed by atoms with Gasteiger partial charge in [0.05, 0.1) is 18.2 Å². The molecule has 0 atom stereocenters. The van der Waals surface area contributed by atoms with Gasteiger partial charge in [-0.2, -0.15) is 5.26 Å². The highest BCUT2D eigenvalue weighted by Gasteiger charge is 2.01. The molecule has 0 radical (unpaired) electrons. The van der Waals surface area contributed by atoms with Gasteiger partial charge in [0, 0.05) is 19.3 Å². The lowest BCUT2D eigenvalue weighted by molar-refractivity contribution is 0.312. The topological polar surface area (TPSA) is 36.3 Å². The fourth-order valence-electron chi connectivity index (χ4n) is 1.94. The van der Waals surface area contributed by atoms with Crippen LogP contribution in [0.5, 0.6) is 5.75 Å². The van der Waals surface area contributed by atoms with Crippen LogP contribution in [0.3, 0.4) is 0 Å². The Bertz CT molecular complexity index is 602. The zero-order valence-corrected chi connectivity index (χ0v) is 11.9. The maximum atomic E-state index is 12.8. The van der Waals surface area contributed by atoms with Crippen LogP contribution in [-0.4, -0.2) is 20.2 Å². The summed E-state index contributed by atoms with van der Waals surface area (Å²) in [5.41, 5.74) is 1.60. The summed E-state index contributed by atoms with van der Waals surface area (Å²) in [4.78, 5) is 2.06. The number of benzene rings is 2. The fourth-order valence-corrected chi connectivity index (χ4v) is 1.94. The van der Waals surface area contributed by atoms with Crippen LogP contribution < -0.4 is 9.64 Å². The molecule has 0 aliphatic carbocycles. The first-order valence-corrected chi connectivity index (χ1v) is 6.79. The monoisotopic (exact) mass is 284 g/mol. The van der Waals surface area contributed by atoms with Crippen molar-refractivity contribution in [1.82, 2.24) is 0 Å². The minimum Gasteiger partial charge on any atom is -0.494 e. The summed E-state index contributed by atoms with van der Waals surface area (Å²) in [6.45, 7) is 1.42. The van der Waals surface area contributed by atoms with Crippen LogP contribution in [0.4, 0.5) is 10.1 Å². The van der Waals surface area contributed by atoms with Crippen LogP contribution in [0.1, 0.15) is 12.0 Å². The number of hydrogen-bond donors (Lipinski definition) is 0. The molecule has 21 heavy (non-hydrogen) atoms. The highest BCUT2D eigenvalue weighted by molar-refractivity contribution is 5.45. The van der Waals surface area contributed by atoms with Crippen molar-refractivity contribution in [3.8, 4) is 11.8 Å². The summed E-state index contributed by atoms with van der Waals surface area (Å²) in [5, 5.41) is 8.71. The molecule has 0 aromatic heterocycles. The number of nitriles is 1. The van der Waals surface area contributed by atoms with Crippen molar-refractivity contribution in [3.63, 3.8) is 0 Å². The van der Waals surface area contributed by atoms with Gasteiger partial charge in [0.25, 0.3) is 0 Å². The van der Waals surface area contributed by atoms with Crippen molar-refractivity contribution in [3.05, 3.63) is 59.9 Å². The van der Waals surface area contributed by atoms with E-state index in [9.17, 15) is 4.39 Å². The van der Waals surface area contributed by atoms with E-state index in [2.05, 4.69) is 11.0 Å². The van der Waals surface area contributed by atoms with Gasteiger partial charge in [-0.3, -0.25) is 0 Å². The molecule has 2 rings (SSSR count). The molecule has 0 bridgehead atoms. The Morgan fingerprint density at radius 3 is 2.38 bits per heavy atom. The summed E-state index contributed by atoms with van der Waals surface area (Å²) in [6, 6.07) is 15.6. The molecular formula is C17H17FN2O. The molecule has 0 aliphatic rings. The van der Waals surface area contributed by atoms with Crippen molar-refractivity contribution < 1.29 is 9.13 Å². The molecule has 0 heterocycles. The minimum absolute atomic E-state index is 0.226. The lowest BCUT2D eigenvalue weighted by Crippen LogP contribution is -2.20.